The summed E-state index contributed by atoms with van der Waals surface area (Å²) < 4.78 is 23.4. The molecular formula is C12H18N2O2S. The Morgan fingerprint density at radius 3 is 2.18 bits per heavy atom. The van der Waals surface area contributed by atoms with E-state index in [4.69, 9.17) is 11.5 Å². The van der Waals surface area contributed by atoms with Crippen molar-refractivity contribution >= 4 is 9.84 Å². The highest BCUT2D eigenvalue weighted by atomic mass is 32.2. The van der Waals surface area contributed by atoms with E-state index in [9.17, 15) is 8.42 Å². The van der Waals surface area contributed by atoms with Crippen LogP contribution in [0.5, 0.6) is 0 Å². The average molecular weight is 254 g/mol. The number of hydrogen-bond acceptors (Lipinski definition) is 4. The highest BCUT2D eigenvalue weighted by molar-refractivity contribution is 7.91. The third-order valence-corrected chi connectivity index (χ3v) is 5.19. The van der Waals surface area contributed by atoms with Gasteiger partial charge < -0.3 is 11.5 Å². The van der Waals surface area contributed by atoms with E-state index in [1.165, 1.54) is 6.26 Å². The Labute approximate surface area is 102 Å². The summed E-state index contributed by atoms with van der Waals surface area (Å²) >= 11 is 0. The largest absolute Gasteiger partial charge is 0.329 e. The predicted octanol–water partition coefficient (Wildman–Crippen LogP) is 0.162. The fraction of sp³-hybridized carbons (Fsp3) is 0.500. The molecule has 0 saturated heterocycles. The highest BCUT2D eigenvalue weighted by Crippen LogP contribution is 2.53. The van der Waals surface area contributed by atoms with Gasteiger partial charge in [-0.25, -0.2) is 8.42 Å². The third kappa shape index (κ3) is 1.99. The van der Waals surface area contributed by atoms with Gasteiger partial charge >= 0.3 is 0 Å². The van der Waals surface area contributed by atoms with Gasteiger partial charge in [0, 0.05) is 18.7 Å². The topological polar surface area (TPSA) is 86.2 Å². The van der Waals surface area contributed by atoms with Crippen molar-refractivity contribution in [1.29, 1.82) is 0 Å². The first-order valence-electron chi connectivity index (χ1n) is 5.55. The van der Waals surface area contributed by atoms with E-state index in [1.54, 1.807) is 0 Å². The lowest BCUT2D eigenvalue weighted by atomic mass is 10.1. The maximum Gasteiger partial charge on any atom is 0.152 e. The molecule has 3 unspecified atom stereocenters. The average Bonchev–Trinajstić information content (AvgIpc) is 2.87. The number of aryl methyl sites for hydroxylation is 1. The highest BCUT2D eigenvalue weighted by Gasteiger charge is 2.67. The van der Waals surface area contributed by atoms with E-state index in [0.29, 0.717) is 0 Å². The van der Waals surface area contributed by atoms with E-state index in [0.717, 1.165) is 11.1 Å². The second kappa shape index (κ2) is 3.80. The Morgan fingerprint density at radius 2 is 1.82 bits per heavy atom. The molecule has 0 heterocycles. The van der Waals surface area contributed by atoms with Crippen LogP contribution < -0.4 is 11.5 Å². The number of sulfone groups is 1. The van der Waals surface area contributed by atoms with Crippen molar-refractivity contribution in [3.05, 3.63) is 35.4 Å². The van der Waals surface area contributed by atoms with Crippen molar-refractivity contribution in [2.75, 3.05) is 12.8 Å². The predicted molar refractivity (Wildman–Crippen MR) is 68.5 cm³/mol. The maximum atomic E-state index is 11.7. The van der Waals surface area contributed by atoms with Crippen LogP contribution in [0.2, 0.25) is 0 Å². The van der Waals surface area contributed by atoms with E-state index < -0.39 is 20.6 Å². The van der Waals surface area contributed by atoms with Crippen LogP contribution in [0.15, 0.2) is 24.3 Å². The summed E-state index contributed by atoms with van der Waals surface area (Å²) in [6.07, 6.45) is 1.23. The molecule has 4 N–H and O–H groups in total. The molecule has 3 atom stereocenters. The zero-order valence-corrected chi connectivity index (χ0v) is 10.9. The van der Waals surface area contributed by atoms with Gasteiger partial charge in [-0.3, -0.25) is 0 Å². The van der Waals surface area contributed by atoms with Gasteiger partial charge in [-0.2, -0.15) is 0 Å². The molecule has 1 aliphatic rings. The summed E-state index contributed by atoms with van der Waals surface area (Å²) in [4.78, 5) is 0. The molecule has 1 fully saturated rings. The minimum Gasteiger partial charge on any atom is -0.329 e. The van der Waals surface area contributed by atoms with Crippen LogP contribution in [0.1, 0.15) is 17.0 Å². The lowest BCUT2D eigenvalue weighted by Crippen LogP contribution is -2.38. The van der Waals surface area contributed by atoms with Crippen molar-refractivity contribution in [3.8, 4) is 0 Å². The smallest absolute Gasteiger partial charge is 0.152 e. The lowest BCUT2D eigenvalue weighted by Gasteiger charge is -2.07. The zero-order chi connectivity index (χ0) is 12.8. The van der Waals surface area contributed by atoms with Crippen LogP contribution in [-0.4, -0.2) is 32.0 Å². The molecule has 1 aliphatic carbocycles. The molecule has 1 aromatic carbocycles. The van der Waals surface area contributed by atoms with E-state index in [2.05, 4.69) is 0 Å². The van der Waals surface area contributed by atoms with Crippen LogP contribution in [0, 0.1) is 6.92 Å². The van der Waals surface area contributed by atoms with Crippen molar-refractivity contribution in [3.63, 3.8) is 0 Å². The Kier molecular flexibility index (Phi) is 2.80. The maximum absolute atomic E-state index is 11.7. The van der Waals surface area contributed by atoms with Crippen molar-refractivity contribution < 1.29 is 8.42 Å². The van der Waals surface area contributed by atoms with Gasteiger partial charge in [0.15, 0.2) is 9.84 Å². The van der Waals surface area contributed by atoms with Crippen molar-refractivity contribution in [1.82, 2.24) is 0 Å². The monoisotopic (exact) mass is 254 g/mol. The van der Waals surface area contributed by atoms with Crippen molar-refractivity contribution in [2.24, 2.45) is 11.5 Å². The number of rotatable bonds is 3. The molecule has 1 aromatic rings. The fourth-order valence-electron chi connectivity index (χ4n) is 2.57. The molecule has 5 heteroatoms. The van der Waals surface area contributed by atoms with Crippen LogP contribution in [0.3, 0.4) is 0 Å². The molecular weight excluding hydrogens is 236 g/mol. The van der Waals surface area contributed by atoms with Gasteiger partial charge in [-0.15, -0.1) is 0 Å². The Balaban J connectivity index is 2.37. The summed E-state index contributed by atoms with van der Waals surface area (Å²) in [7, 11) is -3.16. The second-order valence-corrected chi connectivity index (χ2v) is 7.12. The van der Waals surface area contributed by atoms with Gasteiger partial charge in [0.1, 0.15) is 0 Å². The molecule has 0 bridgehead atoms. The summed E-state index contributed by atoms with van der Waals surface area (Å²) in [5.74, 6) is -0.178. The van der Waals surface area contributed by atoms with Crippen LogP contribution in [0.25, 0.3) is 0 Å². The molecule has 0 aromatic heterocycles. The summed E-state index contributed by atoms with van der Waals surface area (Å²) in [5, 5.41) is -0.553. The normalized spacial score (nSPS) is 32.5. The number of benzene rings is 1. The van der Waals surface area contributed by atoms with E-state index in [1.807, 2.05) is 31.2 Å². The fourth-order valence-corrected chi connectivity index (χ4v) is 4.44. The van der Waals surface area contributed by atoms with E-state index in [-0.39, 0.29) is 12.5 Å². The minimum atomic E-state index is -3.16. The summed E-state index contributed by atoms with van der Waals surface area (Å²) in [6, 6.07) is 7.79. The molecule has 0 amide bonds. The van der Waals surface area contributed by atoms with Gasteiger partial charge in [-0.1, -0.05) is 29.8 Å². The summed E-state index contributed by atoms with van der Waals surface area (Å²) in [5.41, 5.74) is 13.0. The van der Waals surface area contributed by atoms with E-state index >= 15 is 0 Å². The molecule has 0 radical (unpaired) electrons. The zero-order valence-electron chi connectivity index (χ0n) is 10.1. The van der Waals surface area contributed by atoms with Gasteiger partial charge in [0.05, 0.1) is 10.8 Å². The molecule has 2 rings (SSSR count). The third-order valence-electron chi connectivity index (χ3n) is 3.55. The number of hydrogen-bond donors (Lipinski definition) is 2. The Morgan fingerprint density at radius 1 is 1.29 bits per heavy atom. The number of nitrogens with two attached hydrogens (primary N) is 2. The first-order chi connectivity index (χ1) is 7.80. The lowest BCUT2D eigenvalue weighted by molar-refractivity contribution is 0.591. The standard InChI is InChI=1S/C12H18N2O2S/c1-8-3-5-9(6-4-8)10-11(17(2,15)16)12(10,14)7-13/h3-6,10-11H,7,13-14H2,1-2H3. The van der Waals surface area contributed by atoms with Crippen LogP contribution in [0.4, 0.5) is 0 Å². The molecule has 0 aliphatic heterocycles. The summed E-state index contributed by atoms with van der Waals surface area (Å²) in [6.45, 7) is 2.17. The van der Waals surface area contributed by atoms with Crippen LogP contribution in [-0.2, 0) is 9.84 Å². The first kappa shape index (κ1) is 12.5. The first-order valence-corrected chi connectivity index (χ1v) is 7.50. The molecule has 4 nitrogen and oxygen atoms in total. The SMILES string of the molecule is Cc1ccc(C2C(S(C)(=O)=O)C2(N)CN)cc1. The van der Waals surface area contributed by atoms with Gasteiger partial charge in [0.25, 0.3) is 0 Å². The second-order valence-electron chi connectivity index (χ2n) is 4.95. The van der Waals surface area contributed by atoms with Crippen LogP contribution >= 0.6 is 0 Å². The molecule has 0 spiro atoms. The molecule has 94 valence electrons. The quantitative estimate of drug-likeness (QED) is 0.804. The van der Waals surface area contributed by atoms with Crippen molar-refractivity contribution in [2.45, 2.75) is 23.6 Å². The van der Waals surface area contributed by atoms with Gasteiger partial charge in [0.2, 0.25) is 0 Å². The minimum absolute atomic E-state index is 0.178. The Hall–Kier alpha value is -0.910. The van der Waals surface area contributed by atoms with Gasteiger partial charge in [-0.05, 0) is 12.5 Å². The molecule has 1 saturated carbocycles. The Bertz CT molecular complexity index is 524. The molecule has 17 heavy (non-hydrogen) atoms.